The van der Waals surface area contributed by atoms with E-state index in [1.807, 2.05) is 47.3 Å². The summed E-state index contributed by atoms with van der Waals surface area (Å²) in [6, 6.07) is 21.3. The van der Waals surface area contributed by atoms with Crippen LogP contribution in [-0.2, 0) is 11.3 Å². The number of nitrogens with two attached hydrogens (primary N) is 1. The van der Waals surface area contributed by atoms with E-state index in [1.165, 1.54) is 5.56 Å². The van der Waals surface area contributed by atoms with Gasteiger partial charge in [0.25, 0.3) is 5.91 Å². The van der Waals surface area contributed by atoms with E-state index in [2.05, 4.69) is 28.6 Å². The Morgan fingerprint density at radius 3 is 2.39 bits per heavy atom. The summed E-state index contributed by atoms with van der Waals surface area (Å²) in [5.74, 6) is -0.111. The van der Waals surface area contributed by atoms with E-state index in [0.717, 1.165) is 27.9 Å². The van der Waals surface area contributed by atoms with Crippen molar-refractivity contribution in [3.05, 3.63) is 118 Å². The predicted octanol–water partition coefficient (Wildman–Crippen LogP) is 3.61. The number of amides is 1. The molecule has 2 bridgehead atoms. The fraction of sp³-hybridized carbons (Fsp3) is 0.115. The summed E-state index contributed by atoms with van der Waals surface area (Å²) in [5.41, 5.74) is 13.2. The van der Waals surface area contributed by atoms with Crippen molar-refractivity contribution in [3.63, 3.8) is 0 Å². The van der Waals surface area contributed by atoms with Gasteiger partial charge in [-0.15, -0.1) is 0 Å². The van der Waals surface area contributed by atoms with Crippen molar-refractivity contribution >= 4 is 11.7 Å². The van der Waals surface area contributed by atoms with Gasteiger partial charge >= 0.3 is 0 Å². The lowest BCUT2D eigenvalue weighted by Gasteiger charge is -2.17. The highest BCUT2D eigenvalue weighted by Gasteiger charge is 2.43. The molecule has 0 aliphatic carbocycles. The number of hydrogen-bond donors (Lipinski definition) is 3. The van der Waals surface area contributed by atoms with E-state index < -0.39 is 0 Å². The molecule has 6 rings (SSSR count). The number of amidine groups is 1. The maximum Gasteiger partial charge on any atom is 0.251 e. The maximum absolute atomic E-state index is 12.8. The number of rotatable bonds is 5. The number of hydrogen-bond acceptors (Lipinski definition) is 4. The van der Waals surface area contributed by atoms with Crippen molar-refractivity contribution in [2.45, 2.75) is 18.8 Å². The highest BCUT2D eigenvalue weighted by Crippen LogP contribution is 2.54. The van der Waals surface area contributed by atoms with Gasteiger partial charge in [-0.05, 0) is 58.1 Å². The smallest absolute Gasteiger partial charge is 0.251 e. The molecular formula is C26H21N5O2. The molecule has 2 atom stereocenters. The molecule has 2 unspecified atom stereocenters. The minimum Gasteiger partial charge on any atom is -0.384 e. The van der Waals surface area contributed by atoms with E-state index in [1.54, 1.807) is 18.3 Å². The van der Waals surface area contributed by atoms with Gasteiger partial charge in [0.05, 0.1) is 5.69 Å². The van der Waals surface area contributed by atoms with Crippen LogP contribution < -0.4 is 11.1 Å². The summed E-state index contributed by atoms with van der Waals surface area (Å²) in [4.78, 5) is 12.8. The average Bonchev–Trinajstić information content (AvgIpc) is 3.58. The Labute approximate surface area is 190 Å². The molecule has 7 nitrogen and oxygen atoms in total. The van der Waals surface area contributed by atoms with Gasteiger partial charge in [0.15, 0.2) is 0 Å². The minimum atomic E-state index is -0.178. The van der Waals surface area contributed by atoms with Gasteiger partial charge in [0.1, 0.15) is 18.0 Å². The molecule has 0 fully saturated rings. The summed E-state index contributed by atoms with van der Waals surface area (Å²) < 4.78 is 8.12. The molecule has 0 radical (unpaired) electrons. The van der Waals surface area contributed by atoms with E-state index in [0.29, 0.717) is 17.7 Å². The fourth-order valence-corrected chi connectivity index (χ4v) is 4.62. The molecule has 1 amide bonds. The van der Waals surface area contributed by atoms with Crippen molar-refractivity contribution in [3.8, 4) is 5.69 Å². The second-order valence-corrected chi connectivity index (χ2v) is 8.30. The lowest BCUT2D eigenvalue weighted by molar-refractivity contribution is 0.0857. The Morgan fingerprint density at radius 2 is 1.67 bits per heavy atom. The third kappa shape index (κ3) is 3.21. The van der Waals surface area contributed by atoms with Crippen LogP contribution >= 0.6 is 0 Å². The first-order valence-corrected chi connectivity index (χ1v) is 10.7. The van der Waals surface area contributed by atoms with Crippen molar-refractivity contribution in [1.29, 1.82) is 5.41 Å². The van der Waals surface area contributed by atoms with Gasteiger partial charge < -0.3 is 15.8 Å². The fourth-order valence-electron chi connectivity index (χ4n) is 4.62. The topological polar surface area (TPSA) is 106 Å². The second-order valence-electron chi connectivity index (χ2n) is 8.30. The minimum absolute atomic E-state index is 0.0264. The van der Waals surface area contributed by atoms with Crippen molar-refractivity contribution in [2.24, 2.45) is 5.73 Å². The maximum atomic E-state index is 12.8. The van der Waals surface area contributed by atoms with Crippen LogP contribution in [0, 0.1) is 5.41 Å². The van der Waals surface area contributed by atoms with Crippen molar-refractivity contribution in [2.75, 3.05) is 0 Å². The number of nitrogens with zero attached hydrogens (tertiary/aromatic N) is 2. The predicted molar refractivity (Wildman–Crippen MR) is 123 cm³/mol. The highest BCUT2D eigenvalue weighted by atomic mass is 16.5. The molecule has 2 aliphatic rings. The molecule has 4 N–H and O–H groups in total. The van der Waals surface area contributed by atoms with E-state index in [4.69, 9.17) is 15.9 Å². The van der Waals surface area contributed by atoms with E-state index >= 15 is 0 Å². The molecule has 4 aromatic rings. The number of aromatic nitrogens is 2. The van der Waals surface area contributed by atoms with Crippen molar-refractivity contribution in [1.82, 2.24) is 15.1 Å². The second kappa shape index (κ2) is 7.43. The van der Waals surface area contributed by atoms with Gasteiger partial charge in [-0.2, -0.15) is 5.10 Å². The van der Waals surface area contributed by atoms with Crippen LogP contribution in [-0.4, -0.2) is 21.5 Å². The molecule has 33 heavy (non-hydrogen) atoms. The summed E-state index contributed by atoms with van der Waals surface area (Å²) >= 11 is 0. The lowest BCUT2D eigenvalue weighted by Crippen LogP contribution is -2.23. The SMILES string of the molecule is N=C(N)c1ccc(CNC(=O)c2ccc3c(c2)C2OC3c3ccc(-n4cccn4)cc32)cc1. The van der Waals surface area contributed by atoms with Gasteiger partial charge in [0, 0.05) is 30.1 Å². The largest absolute Gasteiger partial charge is 0.384 e. The van der Waals surface area contributed by atoms with Crippen LogP contribution in [0.5, 0.6) is 0 Å². The molecule has 0 spiro atoms. The quantitative estimate of drug-likeness (QED) is 0.329. The molecule has 7 heteroatoms. The van der Waals surface area contributed by atoms with Crippen LogP contribution in [0.3, 0.4) is 0 Å². The van der Waals surface area contributed by atoms with Crippen LogP contribution in [0.25, 0.3) is 5.69 Å². The molecule has 162 valence electrons. The summed E-state index contributed by atoms with van der Waals surface area (Å²) in [6.45, 7) is 0.396. The Bertz CT molecular complexity index is 1390. The number of carbonyl (C=O) groups excluding carboxylic acids is 1. The van der Waals surface area contributed by atoms with Crippen molar-refractivity contribution < 1.29 is 9.53 Å². The van der Waals surface area contributed by atoms with Crippen LogP contribution in [0.1, 0.15) is 55.9 Å². The average molecular weight is 435 g/mol. The zero-order valence-electron chi connectivity index (χ0n) is 17.7. The number of nitrogens with one attached hydrogen (secondary N) is 2. The van der Waals surface area contributed by atoms with Crippen LogP contribution in [0.15, 0.2) is 79.1 Å². The van der Waals surface area contributed by atoms with Gasteiger partial charge in [-0.25, -0.2) is 4.68 Å². The molecule has 3 aromatic carbocycles. The Kier molecular flexibility index (Phi) is 4.38. The summed E-state index contributed by atoms with van der Waals surface area (Å²) in [6.07, 6.45) is 3.40. The summed E-state index contributed by atoms with van der Waals surface area (Å²) in [5, 5.41) is 14.8. The first-order valence-electron chi connectivity index (χ1n) is 10.7. The first kappa shape index (κ1) is 19.5. The number of fused-ring (bicyclic) bond motifs is 8. The molecular weight excluding hydrogens is 414 g/mol. The Balaban J connectivity index is 1.22. The van der Waals surface area contributed by atoms with Crippen LogP contribution in [0.2, 0.25) is 0 Å². The Morgan fingerprint density at radius 1 is 0.970 bits per heavy atom. The van der Waals surface area contributed by atoms with E-state index in [9.17, 15) is 4.79 Å². The summed E-state index contributed by atoms with van der Waals surface area (Å²) in [7, 11) is 0. The zero-order valence-corrected chi connectivity index (χ0v) is 17.7. The normalized spacial score (nSPS) is 17.5. The molecule has 0 saturated carbocycles. The number of benzene rings is 3. The van der Waals surface area contributed by atoms with Gasteiger partial charge in [-0.3, -0.25) is 10.2 Å². The molecule has 0 saturated heterocycles. The number of carbonyl (C=O) groups is 1. The molecule has 1 aromatic heterocycles. The standard InChI is InChI=1S/C26H21N5O2/c27-25(28)16-4-2-15(3-5-16)14-29-26(32)17-6-8-19-21(12-17)24-22-13-18(31-11-1-10-30-31)7-9-20(22)23(19)33-24/h1-13,23-24H,14H2,(H3,27,28)(H,29,32). The number of ether oxygens (including phenoxy) is 1. The monoisotopic (exact) mass is 435 g/mol. The lowest BCUT2D eigenvalue weighted by atomic mass is 9.85. The highest BCUT2D eigenvalue weighted by molar-refractivity contribution is 5.95. The first-order chi connectivity index (χ1) is 16.1. The third-order valence-corrected chi connectivity index (χ3v) is 6.31. The zero-order chi connectivity index (χ0) is 22.5. The molecule has 2 aliphatic heterocycles. The number of nitrogen functional groups attached to an aromatic ring is 1. The molecule has 3 heterocycles. The van der Waals surface area contributed by atoms with Gasteiger partial charge in [0.2, 0.25) is 0 Å². The van der Waals surface area contributed by atoms with E-state index in [-0.39, 0.29) is 24.0 Å². The van der Waals surface area contributed by atoms with Gasteiger partial charge in [-0.1, -0.05) is 36.4 Å². The van der Waals surface area contributed by atoms with Crippen LogP contribution in [0.4, 0.5) is 0 Å². The third-order valence-electron chi connectivity index (χ3n) is 6.31. The Hall–Kier alpha value is -4.23.